The minimum absolute atomic E-state index is 0.0539. The van der Waals surface area contributed by atoms with Crippen LogP contribution in [0.3, 0.4) is 0 Å². The number of carboxylic acids is 1. The zero-order valence-corrected chi connectivity index (χ0v) is 10.7. The molecule has 5 N–H and O–H groups in total. The molecular formula is C12H16N4O4. The van der Waals surface area contributed by atoms with Crippen LogP contribution in [0.2, 0.25) is 0 Å². The van der Waals surface area contributed by atoms with Crippen molar-refractivity contribution in [2.24, 2.45) is 5.73 Å². The third kappa shape index (κ3) is 5.80. The van der Waals surface area contributed by atoms with Gasteiger partial charge in [0.15, 0.2) is 0 Å². The van der Waals surface area contributed by atoms with Gasteiger partial charge in [-0.05, 0) is 18.6 Å². The van der Waals surface area contributed by atoms with Gasteiger partial charge in [0, 0.05) is 12.6 Å². The molecule has 108 valence electrons. The lowest BCUT2D eigenvalue weighted by molar-refractivity contribution is -0.139. The van der Waals surface area contributed by atoms with Gasteiger partial charge in [0.25, 0.3) is 0 Å². The van der Waals surface area contributed by atoms with E-state index in [1.807, 2.05) is 0 Å². The van der Waals surface area contributed by atoms with Crippen LogP contribution in [-0.2, 0) is 16.1 Å². The van der Waals surface area contributed by atoms with Crippen LogP contribution >= 0.6 is 0 Å². The van der Waals surface area contributed by atoms with Crippen LogP contribution in [0.25, 0.3) is 0 Å². The van der Waals surface area contributed by atoms with Crippen LogP contribution in [0, 0.1) is 0 Å². The fraction of sp³-hybridized carbons (Fsp3) is 0.333. The van der Waals surface area contributed by atoms with Gasteiger partial charge >= 0.3 is 12.0 Å². The number of nitrogens with one attached hydrogen (secondary N) is 2. The Labute approximate surface area is 115 Å². The smallest absolute Gasteiger partial charge is 0.326 e. The van der Waals surface area contributed by atoms with Gasteiger partial charge in [-0.2, -0.15) is 0 Å². The van der Waals surface area contributed by atoms with Crippen molar-refractivity contribution in [2.75, 3.05) is 0 Å². The maximum Gasteiger partial charge on any atom is 0.326 e. The normalized spacial score (nSPS) is 11.4. The second kappa shape index (κ2) is 7.72. The summed E-state index contributed by atoms with van der Waals surface area (Å²) in [6, 6.07) is 3.43. The number of urea groups is 1. The van der Waals surface area contributed by atoms with Gasteiger partial charge in [0.1, 0.15) is 6.04 Å². The van der Waals surface area contributed by atoms with Crippen molar-refractivity contribution in [2.45, 2.75) is 25.4 Å². The Morgan fingerprint density at radius 2 is 2.10 bits per heavy atom. The first kappa shape index (κ1) is 15.4. The number of carboxylic acid groups (broad SMARTS) is 1. The number of carbonyl (C=O) groups is 3. The van der Waals surface area contributed by atoms with Crippen LogP contribution in [0.5, 0.6) is 0 Å². The number of aromatic nitrogens is 1. The Morgan fingerprint density at radius 3 is 2.65 bits per heavy atom. The third-order valence-electron chi connectivity index (χ3n) is 2.44. The molecule has 1 heterocycles. The average molecular weight is 280 g/mol. The molecule has 0 aromatic carbocycles. The summed E-state index contributed by atoms with van der Waals surface area (Å²) in [5.41, 5.74) is 5.58. The van der Waals surface area contributed by atoms with Gasteiger partial charge in [-0.1, -0.05) is 6.07 Å². The van der Waals surface area contributed by atoms with E-state index in [1.165, 1.54) is 0 Å². The highest BCUT2D eigenvalue weighted by Crippen LogP contribution is 1.98. The molecule has 0 spiro atoms. The second-order valence-electron chi connectivity index (χ2n) is 4.04. The van der Waals surface area contributed by atoms with Gasteiger partial charge in [0.05, 0.1) is 12.2 Å². The van der Waals surface area contributed by atoms with E-state index in [9.17, 15) is 14.4 Å². The topological polar surface area (TPSA) is 134 Å². The molecule has 0 saturated heterocycles. The number of rotatable bonds is 7. The molecule has 0 aliphatic rings. The quantitative estimate of drug-likeness (QED) is 0.539. The van der Waals surface area contributed by atoms with Crippen molar-refractivity contribution in [1.82, 2.24) is 15.6 Å². The van der Waals surface area contributed by atoms with Crippen molar-refractivity contribution >= 4 is 17.9 Å². The first-order valence-corrected chi connectivity index (χ1v) is 5.94. The summed E-state index contributed by atoms with van der Waals surface area (Å²) in [6.07, 6.45) is 1.42. The van der Waals surface area contributed by atoms with E-state index >= 15 is 0 Å². The van der Waals surface area contributed by atoms with E-state index in [0.717, 1.165) is 0 Å². The molecule has 20 heavy (non-hydrogen) atoms. The molecule has 0 fully saturated rings. The molecule has 0 bridgehead atoms. The van der Waals surface area contributed by atoms with Crippen LogP contribution in [0.15, 0.2) is 24.4 Å². The SMILES string of the molecule is NC(=O)CCC(NC(=O)NCc1ccccn1)C(=O)O. The molecule has 1 aromatic rings. The van der Waals surface area contributed by atoms with Gasteiger partial charge in [0.2, 0.25) is 5.91 Å². The second-order valence-corrected chi connectivity index (χ2v) is 4.04. The third-order valence-corrected chi connectivity index (χ3v) is 2.44. The van der Waals surface area contributed by atoms with Gasteiger partial charge in [-0.3, -0.25) is 9.78 Å². The van der Waals surface area contributed by atoms with Crippen LogP contribution in [0.4, 0.5) is 4.79 Å². The highest BCUT2D eigenvalue weighted by atomic mass is 16.4. The standard InChI is InChI=1S/C12H16N4O4/c13-10(17)5-4-9(11(18)19)16-12(20)15-7-8-3-1-2-6-14-8/h1-3,6,9H,4-5,7H2,(H2,13,17)(H,18,19)(H2,15,16,20). The number of nitrogens with zero attached hydrogens (tertiary/aromatic N) is 1. The van der Waals surface area contributed by atoms with Crippen molar-refractivity contribution in [3.8, 4) is 0 Å². The Hall–Kier alpha value is -2.64. The summed E-state index contributed by atoms with van der Waals surface area (Å²) in [6.45, 7) is 0.175. The highest BCUT2D eigenvalue weighted by molar-refractivity contribution is 5.83. The number of nitrogens with two attached hydrogens (primary N) is 1. The number of aliphatic carboxylic acids is 1. The van der Waals surface area contributed by atoms with E-state index < -0.39 is 23.9 Å². The summed E-state index contributed by atoms with van der Waals surface area (Å²) >= 11 is 0. The maximum atomic E-state index is 11.5. The van der Waals surface area contributed by atoms with Crippen LogP contribution in [-0.4, -0.2) is 34.0 Å². The summed E-state index contributed by atoms with van der Waals surface area (Å²) < 4.78 is 0. The van der Waals surface area contributed by atoms with Crippen LogP contribution < -0.4 is 16.4 Å². The molecule has 8 nitrogen and oxygen atoms in total. The first-order chi connectivity index (χ1) is 9.49. The lowest BCUT2D eigenvalue weighted by atomic mass is 10.1. The summed E-state index contributed by atoms with van der Waals surface area (Å²) in [7, 11) is 0. The lowest BCUT2D eigenvalue weighted by Crippen LogP contribution is -2.46. The lowest BCUT2D eigenvalue weighted by Gasteiger charge is -2.14. The zero-order valence-electron chi connectivity index (χ0n) is 10.7. The summed E-state index contributed by atoms with van der Waals surface area (Å²) in [5.74, 6) is -1.84. The van der Waals surface area contributed by atoms with Crippen LogP contribution in [0.1, 0.15) is 18.5 Å². The summed E-state index contributed by atoms with van der Waals surface area (Å²) in [5, 5.41) is 13.7. The molecule has 1 aromatic heterocycles. The molecular weight excluding hydrogens is 264 g/mol. The molecule has 1 unspecified atom stereocenters. The maximum absolute atomic E-state index is 11.5. The fourth-order valence-corrected chi connectivity index (χ4v) is 1.43. The number of carbonyl (C=O) groups excluding carboxylic acids is 2. The number of amides is 3. The predicted molar refractivity (Wildman–Crippen MR) is 69.5 cm³/mol. The van der Waals surface area contributed by atoms with Gasteiger partial charge in [-0.25, -0.2) is 9.59 Å². The Bertz CT molecular complexity index is 478. The minimum atomic E-state index is -1.22. The number of primary amides is 1. The van der Waals surface area contributed by atoms with E-state index in [1.54, 1.807) is 24.4 Å². The molecule has 0 radical (unpaired) electrons. The Morgan fingerprint density at radius 1 is 1.35 bits per heavy atom. The monoisotopic (exact) mass is 280 g/mol. The molecule has 0 aliphatic carbocycles. The van der Waals surface area contributed by atoms with Crippen molar-refractivity contribution in [3.05, 3.63) is 30.1 Å². The zero-order chi connectivity index (χ0) is 15.0. The largest absolute Gasteiger partial charge is 0.480 e. The molecule has 3 amide bonds. The number of hydrogen-bond acceptors (Lipinski definition) is 4. The van der Waals surface area contributed by atoms with Crippen molar-refractivity contribution in [3.63, 3.8) is 0 Å². The molecule has 0 saturated carbocycles. The van der Waals surface area contributed by atoms with E-state index in [-0.39, 0.29) is 19.4 Å². The van der Waals surface area contributed by atoms with Gasteiger partial charge in [-0.15, -0.1) is 0 Å². The molecule has 8 heteroatoms. The van der Waals surface area contributed by atoms with Crippen molar-refractivity contribution < 1.29 is 19.5 Å². The fourth-order valence-electron chi connectivity index (χ4n) is 1.43. The molecule has 1 atom stereocenters. The molecule has 1 rings (SSSR count). The number of hydrogen-bond donors (Lipinski definition) is 4. The highest BCUT2D eigenvalue weighted by Gasteiger charge is 2.20. The number of pyridine rings is 1. The Balaban J connectivity index is 2.41. The van der Waals surface area contributed by atoms with E-state index in [0.29, 0.717) is 5.69 Å². The van der Waals surface area contributed by atoms with E-state index in [2.05, 4.69) is 15.6 Å². The van der Waals surface area contributed by atoms with E-state index in [4.69, 9.17) is 10.8 Å². The van der Waals surface area contributed by atoms with Gasteiger partial charge < -0.3 is 21.5 Å². The predicted octanol–water partition coefficient (Wildman–Crippen LogP) is -0.401. The first-order valence-electron chi connectivity index (χ1n) is 5.94. The van der Waals surface area contributed by atoms with Crippen molar-refractivity contribution in [1.29, 1.82) is 0 Å². The summed E-state index contributed by atoms with van der Waals surface area (Å²) in [4.78, 5) is 37.1. The average Bonchev–Trinajstić information content (AvgIpc) is 2.41. The minimum Gasteiger partial charge on any atom is -0.480 e. The Kier molecular flexibility index (Phi) is 5.95. The molecule has 0 aliphatic heterocycles.